The minimum atomic E-state index is -0.192. The lowest BCUT2D eigenvalue weighted by atomic mass is 10.0. The average Bonchev–Trinajstić information content (AvgIpc) is 2.69. The van der Waals surface area contributed by atoms with Crippen molar-refractivity contribution in [3.05, 3.63) is 57.5 Å². The van der Waals surface area contributed by atoms with Crippen molar-refractivity contribution in [2.45, 2.75) is 19.4 Å². The molecular formula is C13H13Cl2NO. The molecule has 0 aliphatic carbocycles. The highest BCUT2D eigenvalue weighted by Gasteiger charge is 2.12. The molecule has 4 heteroatoms. The summed E-state index contributed by atoms with van der Waals surface area (Å²) in [5, 5.41) is 1.26. The van der Waals surface area contributed by atoms with E-state index in [1.165, 1.54) is 0 Å². The molecule has 0 spiro atoms. The first kappa shape index (κ1) is 12.5. The lowest BCUT2D eigenvalue weighted by Gasteiger charge is -2.10. The van der Waals surface area contributed by atoms with Crippen LogP contribution in [0.3, 0.4) is 0 Å². The van der Waals surface area contributed by atoms with E-state index in [0.29, 0.717) is 16.5 Å². The quantitative estimate of drug-likeness (QED) is 0.910. The minimum Gasteiger partial charge on any atom is -0.465 e. The van der Waals surface area contributed by atoms with Gasteiger partial charge in [0.15, 0.2) is 0 Å². The molecule has 2 rings (SSSR count). The van der Waals surface area contributed by atoms with Crippen LogP contribution in [0.25, 0.3) is 0 Å². The van der Waals surface area contributed by atoms with Crippen molar-refractivity contribution in [1.29, 1.82) is 0 Å². The summed E-state index contributed by atoms with van der Waals surface area (Å²) in [7, 11) is 0. The second kappa shape index (κ2) is 5.13. The SMILES string of the molecule is Cc1ccc(C(N)Cc2ccc(Cl)cc2Cl)o1. The molecule has 90 valence electrons. The second-order valence-electron chi connectivity index (χ2n) is 3.99. The van der Waals surface area contributed by atoms with E-state index >= 15 is 0 Å². The van der Waals surface area contributed by atoms with Crippen LogP contribution >= 0.6 is 23.2 Å². The van der Waals surface area contributed by atoms with Gasteiger partial charge >= 0.3 is 0 Å². The van der Waals surface area contributed by atoms with Crippen molar-refractivity contribution in [2.24, 2.45) is 5.73 Å². The van der Waals surface area contributed by atoms with Crippen LogP contribution in [0.15, 0.2) is 34.7 Å². The number of nitrogens with two attached hydrogens (primary N) is 1. The van der Waals surface area contributed by atoms with Gasteiger partial charge in [0.05, 0.1) is 6.04 Å². The van der Waals surface area contributed by atoms with Gasteiger partial charge in [0.2, 0.25) is 0 Å². The van der Waals surface area contributed by atoms with Gasteiger partial charge in [0, 0.05) is 10.0 Å². The van der Waals surface area contributed by atoms with E-state index in [0.717, 1.165) is 17.1 Å². The maximum Gasteiger partial charge on any atom is 0.121 e. The summed E-state index contributed by atoms with van der Waals surface area (Å²) in [5.41, 5.74) is 7.03. The van der Waals surface area contributed by atoms with Crippen molar-refractivity contribution in [2.75, 3.05) is 0 Å². The van der Waals surface area contributed by atoms with Gasteiger partial charge in [-0.25, -0.2) is 0 Å². The molecule has 1 heterocycles. The maximum atomic E-state index is 6.10. The Kier molecular flexibility index (Phi) is 3.77. The summed E-state index contributed by atoms with van der Waals surface area (Å²) >= 11 is 11.9. The molecular weight excluding hydrogens is 257 g/mol. The number of benzene rings is 1. The summed E-state index contributed by atoms with van der Waals surface area (Å²) < 4.78 is 5.49. The van der Waals surface area contributed by atoms with Gasteiger partial charge in [-0.3, -0.25) is 0 Å². The Morgan fingerprint density at radius 3 is 2.59 bits per heavy atom. The summed E-state index contributed by atoms with van der Waals surface area (Å²) in [6.45, 7) is 1.89. The van der Waals surface area contributed by atoms with Crippen LogP contribution in [0.1, 0.15) is 23.1 Å². The largest absolute Gasteiger partial charge is 0.465 e. The zero-order chi connectivity index (χ0) is 12.4. The summed E-state index contributed by atoms with van der Waals surface area (Å²) in [6.07, 6.45) is 0.628. The Hall–Kier alpha value is -0.960. The molecule has 1 atom stereocenters. The van der Waals surface area contributed by atoms with Crippen LogP contribution in [-0.4, -0.2) is 0 Å². The summed E-state index contributed by atoms with van der Waals surface area (Å²) in [4.78, 5) is 0. The predicted molar refractivity (Wildman–Crippen MR) is 70.5 cm³/mol. The van der Waals surface area contributed by atoms with E-state index in [4.69, 9.17) is 33.4 Å². The lowest BCUT2D eigenvalue weighted by molar-refractivity contribution is 0.445. The maximum absolute atomic E-state index is 6.10. The fraction of sp³-hybridized carbons (Fsp3) is 0.231. The van der Waals surface area contributed by atoms with Crippen molar-refractivity contribution in [1.82, 2.24) is 0 Å². The fourth-order valence-corrected chi connectivity index (χ4v) is 2.16. The number of hydrogen-bond acceptors (Lipinski definition) is 2. The van der Waals surface area contributed by atoms with Crippen LogP contribution in [0, 0.1) is 6.92 Å². The van der Waals surface area contributed by atoms with Gasteiger partial charge in [-0.05, 0) is 43.2 Å². The average molecular weight is 270 g/mol. The normalized spacial score (nSPS) is 12.7. The number of aryl methyl sites for hydroxylation is 1. The Morgan fingerprint density at radius 1 is 1.24 bits per heavy atom. The van der Waals surface area contributed by atoms with E-state index in [9.17, 15) is 0 Å². The predicted octanol–water partition coefficient (Wildman–Crippen LogP) is 4.14. The zero-order valence-corrected chi connectivity index (χ0v) is 10.9. The first-order valence-electron chi connectivity index (χ1n) is 5.32. The van der Waals surface area contributed by atoms with Crippen LogP contribution in [0.2, 0.25) is 10.0 Å². The van der Waals surface area contributed by atoms with Gasteiger partial charge in [-0.15, -0.1) is 0 Å². The Bertz CT molecular complexity index is 522. The minimum absolute atomic E-state index is 0.192. The first-order chi connectivity index (χ1) is 8.06. The van der Waals surface area contributed by atoms with Crippen molar-refractivity contribution >= 4 is 23.2 Å². The standard InChI is InChI=1S/C13H13Cl2NO/c1-8-2-5-13(17-8)12(16)6-9-3-4-10(14)7-11(9)15/h2-5,7,12H,6,16H2,1H3. The van der Waals surface area contributed by atoms with E-state index in [2.05, 4.69) is 0 Å². The molecule has 2 N–H and O–H groups in total. The number of rotatable bonds is 3. The third kappa shape index (κ3) is 3.03. The summed E-state index contributed by atoms with van der Waals surface area (Å²) in [5.74, 6) is 1.63. The first-order valence-corrected chi connectivity index (χ1v) is 6.07. The Morgan fingerprint density at radius 2 is 2.00 bits per heavy atom. The molecule has 2 nitrogen and oxygen atoms in total. The Labute approximate surface area is 110 Å². The molecule has 0 radical (unpaired) electrons. The lowest BCUT2D eigenvalue weighted by Crippen LogP contribution is -2.12. The molecule has 17 heavy (non-hydrogen) atoms. The molecule has 1 aromatic heterocycles. The molecule has 0 aliphatic rings. The van der Waals surface area contributed by atoms with E-state index in [1.54, 1.807) is 6.07 Å². The second-order valence-corrected chi connectivity index (χ2v) is 4.84. The molecule has 0 fully saturated rings. The zero-order valence-electron chi connectivity index (χ0n) is 9.41. The topological polar surface area (TPSA) is 39.2 Å². The molecule has 0 saturated carbocycles. The summed E-state index contributed by atoms with van der Waals surface area (Å²) in [6, 6.07) is 9.02. The number of hydrogen-bond donors (Lipinski definition) is 1. The number of furan rings is 1. The smallest absolute Gasteiger partial charge is 0.121 e. The van der Waals surface area contributed by atoms with E-state index in [1.807, 2.05) is 31.2 Å². The van der Waals surface area contributed by atoms with Gasteiger partial charge in [-0.1, -0.05) is 29.3 Å². The van der Waals surface area contributed by atoms with Gasteiger partial charge in [0.1, 0.15) is 11.5 Å². The van der Waals surface area contributed by atoms with E-state index in [-0.39, 0.29) is 6.04 Å². The van der Waals surface area contributed by atoms with Gasteiger partial charge < -0.3 is 10.2 Å². The highest BCUT2D eigenvalue weighted by Crippen LogP contribution is 2.25. The van der Waals surface area contributed by atoms with Crippen molar-refractivity contribution in [3.8, 4) is 0 Å². The fourth-order valence-electron chi connectivity index (χ4n) is 1.68. The molecule has 1 aromatic carbocycles. The van der Waals surface area contributed by atoms with Gasteiger partial charge in [0.25, 0.3) is 0 Å². The van der Waals surface area contributed by atoms with Crippen LogP contribution in [0.4, 0.5) is 0 Å². The Balaban J connectivity index is 2.15. The molecule has 0 aliphatic heterocycles. The molecule has 0 saturated heterocycles. The van der Waals surface area contributed by atoms with Crippen LogP contribution in [-0.2, 0) is 6.42 Å². The third-order valence-corrected chi connectivity index (χ3v) is 3.17. The van der Waals surface area contributed by atoms with E-state index < -0.39 is 0 Å². The monoisotopic (exact) mass is 269 g/mol. The van der Waals surface area contributed by atoms with Gasteiger partial charge in [-0.2, -0.15) is 0 Å². The molecule has 0 amide bonds. The van der Waals surface area contributed by atoms with Crippen molar-refractivity contribution in [3.63, 3.8) is 0 Å². The number of halogens is 2. The highest BCUT2D eigenvalue weighted by molar-refractivity contribution is 6.35. The third-order valence-electron chi connectivity index (χ3n) is 2.58. The molecule has 0 bridgehead atoms. The highest BCUT2D eigenvalue weighted by atomic mass is 35.5. The molecule has 1 unspecified atom stereocenters. The van der Waals surface area contributed by atoms with Crippen LogP contribution in [0.5, 0.6) is 0 Å². The van der Waals surface area contributed by atoms with Crippen molar-refractivity contribution < 1.29 is 4.42 Å². The van der Waals surface area contributed by atoms with Crippen LogP contribution < -0.4 is 5.73 Å². The molecule has 2 aromatic rings.